The van der Waals surface area contributed by atoms with Gasteiger partial charge in [0, 0.05) is 0 Å². The molecule has 3 nitrogen and oxygen atoms in total. The molecule has 1 aromatic heterocycles. The molecule has 3 N–H and O–H groups in total. The highest BCUT2D eigenvalue weighted by Crippen LogP contribution is 2.33. The van der Waals surface area contributed by atoms with Crippen molar-refractivity contribution in [3.8, 4) is 0 Å². The predicted octanol–water partition coefficient (Wildman–Crippen LogP) is 3.38. The van der Waals surface area contributed by atoms with E-state index in [9.17, 15) is 0 Å². The number of aromatic amines is 1. The second-order valence-electron chi connectivity index (χ2n) is 5.68. The highest BCUT2D eigenvalue weighted by atomic mass is 15.0. The molecule has 1 aliphatic rings. The van der Waals surface area contributed by atoms with Crippen LogP contribution in [-0.2, 0) is 5.54 Å². The van der Waals surface area contributed by atoms with E-state index < -0.39 is 0 Å². The van der Waals surface area contributed by atoms with Crippen LogP contribution in [0.5, 0.6) is 0 Å². The van der Waals surface area contributed by atoms with Crippen LogP contribution >= 0.6 is 0 Å². The van der Waals surface area contributed by atoms with Gasteiger partial charge in [-0.2, -0.15) is 0 Å². The third kappa shape index (κ3) is 2.03. The number of nitrogens with two attached hydrogens (primary N) is 1. The molecule has 1 saturated carbocycles. The lowest BCUT2D eigenvalue weighted by atomic mass is 9.91. The van der Waals surface area contributed by atoms with Gasteiger partial charge in [0.2, 0.25) is 0 Å². The van der Waals surface area contributed by atoms with Crippen LogP contribution in [0.25, 0.3) is 11.0 Å². The Balaban J connectivity index is 2.02. The number of rotatable bonds is 1. The Morgan fingerprint density at radius 2 is 1.89 bits per heavy atom. The van der Waals surface area contributed by atoms with Gasteiger partial charge in [-0.15, -0.1) is 0 Å². The van der Waals surface area contributed by atoms with Crippen LogP contribution in [0.2, 0.25) is 0 Å². The van der Waals surface area contributed by atoms with Gasteiger partial charge in [0.1, 0.15) is 5.82 Å². The van der Waals surface area contributed by atoms with Crippen molar-refractivity contribution in [1.29, 1.82) is 0 Å². The molecule has 0 radical (unpaired) electrons. The van der Waals surface area contributed by atoms with E-state index in [1.807, 2.05) is 0 Å². The Labute approximate surface area is 108 Å². The molecule has 0 bridgehead atoms. The van der Waals surface area contributed by atoms with Crippen molar-refractivity contribution in [1.82, 2.24) is 9.97 Å². The molecule has 0 aliphatic heterocycles. The molecule has 1 heterocycles. The maximum Gasteiger partial charge on any atom is 0.127 e. The standard InChI is InChI=1S/C15H21N3/c1-11-6-7-12-13(10-11)18-14(17-12)15(16)8-4-2-3-5-9-15/h6-7,10H,2-5,8-9,16H2,1H3,(H,17,18). The van der Waals surface area contributed by atoms with Crippen LogP contribution in [-0.4, -0.2) is 9.97 Å². The second kappa shape index (κ2) is 4.39. The number of hydrogen-bond donors (Lipinski definition) is 2. The van der Waals surface area contributed by atoms with Crippen molar-refractivity contribution in [2.45, 2.75) is 51.0 Å². The zero-order valence-electron chi connectivity index (χ0n) is 11.0. The number of imidazole rings is 1. The first-order chi connectivity index (χ1) is 8.67. The molecule has 0 amide bonds. The molecule has 0 unspecified atom stereocenters. The summed E-state index contributed by atoms with van der Waals surface area (Å²) < 4.78 is 0. The molecule has 3 rings (SSSR count). The van der Waals surface area contributed by atoms with Gasteiger partial charge >= 0.3 is 0 Å². The van der Waals surface area contributed by atoms with E-state index in [0.717, 1.165) is 29.7 Å². The van der Waals surface area contributed by atoms with Crippen molar-refractivity contribution < 1.29 is 0 Å². The molecule has 3 heteroatoms. The summed E-state index contributed by atoms with van der Waals surface area (Å²) in [6.45, 7) is 2.10. The average molecular weight is 243 g/mol. The molecule has 18 heavy (non-hydrogen) atoms. The number of aromatic nitrogens is 2. The summed E-state index contributed by atoms with van der Waals surface area (Å²) >= 11 is 0. The zero-order valence-corrected chi connectivity index (χ0v) is 11.0. The van der Waals surface area contributed by atoms with Gasteiger partial charge in [0.25, 0.3) is 0 Å². The molecule has 1 aliphatic carbocycles. The molecule has 0 saturated heterocycles. The van der Waals surface area contributed by atoms with Gasteiger partial charge in [-0.05, 0) is 37.5 Å². The molecule has 1 aromatic carbocycles. The van der Waals surface area contributed by atoms with Crippen LogP contribution in [0.15, 0.2) is 18.2 Å². The van der Waals surface area contributed by atoms with Crippen LogP contribution in [0.1, 0.15) is 49.9 Å². The summed E-state index contributed by atoms with van der Waals surface area (Å²) in [7, 11) is 0. The number of nitrogens with zero attached hydrogens (tertiary/aromatic N) is 1. The summed E-state index contributed by atoms with van der Waals surface area (Å²) in [6.07, 6.45) is 7.13. The first-order valence-corrected chi connectivity index (χ1v) is 6.93. The maximum atomic E-state index is 6.59. The molecular weight excluding hydrogens is 222 g/mol. The molecule has 0 spiro atoms. The number of fused-ring (bicyclic) bond motifs is 1. The normalized spacial score (nSPS) is 19.9. The quantitative estimate of drug-likeness (QED) is 0.754. The van der Waals surface area contributed by atoms with Crippen molar-refractivity contribution in [3.05, 3.63) is 29.6 Å². The summed E-state index contributed by atoms with van der Waals surface area (Å²) in [5.41, 5.74) is 9.74. The molecule has 96 valence electrons. The van der Waals surface area contributed by atoms with Gasteiger partial charge in [-0.1, -0.05) is 31.7 Å². The Kier molecular flexibility index (Phi) is 2.86. The monoisotopic (exact) mass is 243 g/mol. The van der Waals surface area contributed by atoms with E-state index in [4.69, 9.17) is 10.7 Å². The predicted molar refractivity (Wildman–Crippen MR) is 74.4 cm³/mol. The third-order valence-electron chi connectivity index (χ3n) is 4.10. The average Bonchev–Trinajstić information content (AvgIpc) is 2.65. The molecule has 0 atom stereocenters. The van der Waals surface area contributed by atoms with Gasteiger partial charge < -0.3 is 10.7 Å². The second-order valence-corrected chi connectivity index (χ2v) is 5.68. The van der Waals surface area contributed by atoms with Crippen molar-refractivity contribution in [2.24, 2.45) is 5.73 Å². The number of H-pyrrole nitrogens is 1. The van der Waals surface area contributed by atoms with Crippen molar-refractivity contribution in [3.63, 3.8) is 0 Å². The van der Waals surface area contributed by atoms with E-state index >= 15 is 0 Å². The SMILES string of the molecule is Cc1ccc2nc(C3(N)CCCCCC3)[nH]c2c1. The molecule has 2 aromatic rings. The first-order valence-electron chi connectivity index (χ1n) is 6.93. The fourth-order valence-corrected chi connectivity index (χ4v) is 2.96. The Morgan fingerprint density at radius 1 is 1.17 bits per heavy atom. The van der Waals surface area contributed by atoms with Gasteiger partial charge in [0.15, 0.2) is 0 Å². The topological polar surface area (TPSA) is 54.7 Å². The minimum Gasteiger partial charge on any atom is -0.340 e. The maximum absolute atomic E-state index is 6.59. The molecular formula is C15H21N3. The third-order valence-corrected chi connectivity index (χ3v) is 4.10. The molecule has 1 fully saturated rings. The number of aryl methyl sites for hydroxylation is 1. The Bertz CT molecular complexity index is 548. The summed E-state index contributed by atoms with van der Waals surface area (Å²) in [6, 6.07) is 6.32. The number of benzene rings is 1. The van der Waals surface area contributed by atoms with Crippen LogP contribution < -0.4 is 5.73 Å². The Morgan fingerprint density at radius 3 is 2.61 bits per heavy atom. The van der Waals surface area contributed by atoms with Crippen LogP contribution in [0.3, 0.4) is 0 Å². The largest absolute Gasteiger partial charge is 0.340 e. The van der Waals surface area contributed by atoms with E-state index in [0.29, 0.717) is 0 Å². The van der Waals surface area contributed by atoms with Gasteiger partial charge in [-0.25, -0.2) is 4.98 Å². The van der Waals surface area contributed by atoms with E-state index in [1.165, 1.54) is 31.2 Å². The lowest BCUT2D eigenvalue weighted by molar-refractivity contribution is 0.366. The van der Waals surface area contributed by atoms with Crippen LogP contribution in [0.4, 0.5) is 0 Å². The van der Waals surface area contributed by atoms with Crippen LogP contribution in [0, 0.1) is 6.92 Å². The van der Waals surface area contributed by atoms with Crippen molar-refractivity contribution >= 4 is 11.0 Å². The summed E-state index contributed by atoms with van der Waals surface area (Å²) in [5, 5.41) is 0. The zero-order chi connectivity index (χ0) is 12.6. The number of hydrogen-bond acceptors (Lipinski definition) is 2. The Hall–Kier alpha value is -1.35. The summed E-state index contributed by atoms with van der Waals surface area (Å²) in [4.78, 5) is 8.15. The smallest absolute Gasteiger partial charge is 0.127 e. The lowest BCUT2D eigenvalue weighted by Gasteiger charge is -2.25. The van der Waals surface area contributed by atoms with Gasteiger partial charge in [0.05, 0.1) is 16.6 Å². The fourth-order valence-electron chi connectivity index (χ4n) is 2.96. The lowest BCUT2D eigenvalue weighted by Crippen LogP contribution is -2.37. The van der Waals surface area contributed by atoms with Gasteiger partial charge in [-0.3, -0.25) is 0 Å². The van der Waals surface area contributed by atoms with E-state index in [-0.39, 0.29) is 5.54 Å². The highest BCUT2D eigenvalue weighted by Gasteiger charge is 2.31. The van der Waals surface area contributed by atoms with Crippen molar-refractivity contribution in [2.75, 3.05) is 0 Å². The highest BCUT2D eigenvalue weighted by molar-refractivity contribution is 5.76. The van der Waals surface area contributed by atoms with E-state index in [2.05, 4.69) is 30.1 Å². The van der Waals surface area contributed by atoms with E-state index in [1.54, 1.807) is 0 Å². The summed E-state index contributed by atoms with van der Waals surface area (Å²) in [5.74, 6) is 0.977. The fraction of sp³-hybridized carbons (Fsp3) is 0.533. The number of nitrogens with one attached hydrogen (secondary N) is 1. The minimum absolute atomic E-state index is 0.247. The first kappa shape index (κ1) is 11.7. The minimum atomic E-state index is -0.247.